The standard InChI is InChI=1S/C26H33N3O/c1-27-16-20(22-8-2-3-10-24(22)27)15-25(30)29-12-6-7-18-13-19-14-21(26(18)29)17-28-11-5-4-9-23(19)28/h2-3,8,10,13,16,19,21,23,26H,4-7,9,11-12,14-15,17H2,1H3/t19-,21-,23-,26-/m0/s1. The monoisotopic (exact) mass is 403 g/mol. The van der Waals surface area contributed by atoms with Crippen LogP contribution in [0, 0.1) is 11.8 Å². The third kappa shape index (κ3) is 2.95. The van der Waals surface area contributed by atoms with Crippen LogP contribution in [0.1, 0.15) is 44.1 Å². The number of likely N-dealkylation sites (tertiary alicyclic amines) is 1. The number of fused-ring (bicyclic) bond motifs is 7. The molecule has 158 valence electrons. The summed E-state index contributed by atoms with van der Waals surface area (Å²) in [7, 11) is 2.08. The Hall–Kier alpha value is -2.07. The summed E-state index contributed by atoms with van der Waals surface area (Å²) >= 11 is 0. The minimum atomic E-state index is 0.321. The summed E-state index contributed by atoms with van der Waals surface area (Å²) in [5, 5.41) is 1.22. The van der Waals surface area contributed by atoms with Crippen molar-refractivity contribution in [2.24, 2.45) is 18.9 Å². The predicted molar refractivity (Wildman–Crippen MR) is 120 cm³/mol. The second-order valence-electron chi connectivity index (χ2n) is 10.1. The Kier molecular flexibility index (Phi) is 4.52. The van der Waals surface area contributed by atoms with Gasteiger partial charge in [-0.25, -0.2) is 0 Å². The number of aromatic nitrogens is 1. The first-order chi connectivity index (χ1) is 14.7. The van der Waals surface area contributed by atoms with Crippen LogP contribution in [0.2, 0.25) is 0 Å². The molecule has 2 aromatic rings. The maximum atomic E-state index is 13.6. The molecular formula is C26H33N3O. The molecule has 30 heavy (non-hydrogen) atoms. The third-order valence-corrected chi connectivity index (χ3v) is 8.30. The number of carbonyl (C=O) groups is 1. The number of amides is 1. The van der Waals surface area contributed by atoms with E-state index in [1.165, 1.54) is 61.7 Å². The average Bonchev–Trinajstić information content (AvgIpc) is 3.09. The number of rotatable bonds is 2. The first kappa shape index (κ1) is 18.7. The molecule has 0 unspecified atom stereocenters. The second kappa shape index (κ2) is 7.26. The fourth-order valence-electron chi connectivity index (χ4n) is 7.08. The lowest BCUT2D eigenvalue weighted by molar-refractivity contribution is -0.135. The quantitative estimate of drug-likeness (QED) is 0.705. The first-order valence-electron chi connectivity index (χ1n) is 12.0. The maximum Gasteiger partial charge on any atom is 0.227 e. The Bertz CT molecular complexity index is 1000. The lowest BCUT2D eigenvalue weighted by Crippen LogP contribution is -2.60. The van der Waals surface area contributed by atoms with E-state index in [1.807, 2.05) is 0 Å². The molecule has 0 N–H and O–H groups in total. The number of benzene rings is 1. The second-order valence-corrected chi connectivity index (χ2v) is 10.1. The van der Waals surface area contributed by atoms with Crippen LogP contribution in [0.25, 0.3) is 10.9 Å². The van der Waals surface area contributed by atoms with Crippen LogP contribution in [-0.4, -0.2) is 52.0 Å². The lowest BCUT2D eigenvalue weighted by atomic mass is 9.68. The zero-order chi connectivity index (χ0) is 20.2. The molecule has 3 aliphatic heterocycles. The number of hydrogen-bond donors (Lipinski definition) is 0. The predicted octanol–water partition coefficient (Wildman–Crippen LogP) is 4.14. The summed E-state index contributed by atoms with van der Waals surface area (Å²) < 4.78 is 2.16. The van der Waals surface area contributed by atoms with E-state index < -0.39 is 0 Å². The van der Waals surface area contributed by atoms with Crippen LogP contribution in [0.3, 0.4) is 0 Å². The van der Waals surface area contributed by atoms with Crippen molar-refractivity contribution in [1.82, 2.24) is 14.4 Å². The van der Waals surface area contributed by atoms with Gasteiger partial charge in [-0.2, -0.15) is 0 Å². The Morgan fingerprint density at radius 1 is 1.13 bits per heavy atom. The van der Waals surface area contributed by atoms with E-state index in [0.29, 0.717) is 24.3 Å². The van der Waals surface area contributed by atoms with Gasteiger partial charge in [0.25, 0.3) is 0 Å². The van der Waals surface area contributed by atoms with E-state index in [9.17, 15) is 4.79 Å². The Morgan fingerprint density at radius 3 is 2.97 bits per heavy atom. The summed E-state index contributed by atoms with van der Waals surface area (Å²) in [6, 6.07) is 9.57. The highest BCUT2D eigenvalue weighted by molar-refractivity contribution is 5.89. The molecule has 4 atom stereocenters. The number of aryl methyl sites for hydroxylation is 1. The molecule has 4 heteroatoms. The van der Waals surface area contributed by atoms with Crippen molar-refractivity contribution in [2.45, 2.75) is 57.0 Å². The van der Waals surface area contributed by atoms with E-state index in [2.05, 4.69) is 58.0 Å². The van der Waals surface area contributed by atoms with Crippen molar-refractivity contribution < 1.29 is 4.79 Å². The molecule has 1 aliphatic carbocycles. The van der Waals surface area contributed by atoms with Gasteiger partial charge < -0.3 is 9.47 Å². The summed E-state index contributed by atoms with van der Waals surface area (Å²) in [6.45, 7) is 3.38. The molecule has 3 saturated heterocycles. The molecule has 0 radical (unpaired) electrons. The molecular weight excluding hydrogens is 370 g/mol. The molecule has 1 aromatic carbocycles. The highest BCUT2D eigenvalue weighted by Crippen LogP contribution is 2.45. The normalized spacial score (nSPS) is 31.2. The summed E-state index contributed by atoms with van der Waals surface area (Å²) in [5.41, 5.74) is 3.96. The first-order valence-corrected chi connectivity index (χ1v) is 12.0. The van der Waals surface area contributed by atoms with Gasteiger partial charge in [0.15, 0.2) is 0 Å². The van der Waals surface area contributed by atoms with Gasteiger partial charge in [0.05, 0.1) is 12.5 Å². The van der Waals surface area contributed by atoms with E-state index in [0.717, 1.165) is 24.9 Å². The topological polar surface area (TPSA) is 28.5 Å². The van der Waals surface area contributed by atoms with Gasteiger partial charge in [0, 0.05) is 43.3 Å². The van der Waals surface area contributed by atoms with Gasteiger partial charge in [-0.05, 0) is 62.1 Å². The zero-order valence-electron chi connectivity index (χ0n) is 18.1. The molecule has 4 heterocycles. The summed E-state index contributed by atoms with van der Waals surface area (Å²) in [5.74, 6) is 1.67. The van der Waals surface area contributed by atoms with Gasteiger partial charge in [-0.3, -0.25) is 9.69 Å². The van der Waals surface area contributed by atoms with E-state index in [1.54, 1.807) is 5.57 Å². The molecule has 4 nitrogen and oxygen atoms in total. The SMILES string of the molecule is Cn1cc(CC(=O)N2CCCC3=C[C@H]4C[C@@H](CN5CCCC[C@@H]45)[C@H]32)c2ccccc21. The van der Waals surface area contributed by atoms with Crippen molar-refractivity contribution in [3.8, 4) is 0 Å². The van der Waals surface area contributed by atoms with Crippen molar-refractivity contribution in [3.63, 3.8) is 0 Å². The van der Waals surface area contributed by atoms with Gasteiger partial charge in [-0.1, -0.05) is 36.3 Å². The third-order valence-electron chi connectivity index (χ3n) is 8.30. The van der Waals surface area contributed by atoms with Crippen LogP contribution in [0.15, 0.2) is 42.1 Å². The highest BCUT2D eigenvalue weighted by atomic mass is 16.2. The number of nitrogens with zero attached hydrogens (tertiary/aromatic N) is 3. The fourth-order valence-corrected chi connectivity index (χ4v) is 7.08. The largest absolute Gasteiger partial charge is 0.350 e. The van der Waals surface area contributed by atoms with Gasteiger partial charge in [0.2, 0.25) is 5.91 Å². The molecule has 4 aliphatic rings. The summed E-state index contributed by atoms with van der Waals surface area (Å²) in [4.78, 5) is 18.6. The van der Waals surface area contributed by atoms with Crippen LogP contribution in [0.5, 0.6) is 0 Å². The Labute approximate surface area is 179 Å². The van der Waals surface area contributed by atoms with Gasteiger partial charge >= 0.3 is 0 Å². The van der Waals surface area contributed by atoms with Crippen LogP contribution in [-0.2, 0) is 18.3 Å². The number of para-hydroxylation sites is 1. The molecule has 0 saturated carbocycles. The van der Waals surface area contributed by atoms with Crippen molar-refractivity contribution in [3.05, 3.63) is 47.7 Å². The zero-order valence-corrected chi connectivity index (χ0v) is 18.1. The van der Waals surface area contributed by atoms with Crippen LogP contribution >= 0.6 is 0 Å². The van der Waals surface area contributed by atoms with Crippen molar-refractivity contribution >= 4 is 16.8 Å². The number of carbonyl (C=O) groups excluding carboxylic acids is 1. The van der Waals surface area contributed by atoms with Gasteiger partial charge in [0.1, 0.15) is 0 Å². The van der Waals surface area contributed by atoms with Crippen LogP contribution < -0.4 is 0 Å². The number of piperidine rings is 3. The van der Waals surface area contributed by atoms with E-state index in [4.69, 9.17) is 0 Å². The minimum Gasteiger partial charge on any atom is -0.350 e. The summed E-state index contributed by atoms with van der Waals surface area (Å²) in [6.07, 6.45) is 13.0. The smallest absolute Gasteiger partial charge is 0.227 e. The molecule has 3 fully saturated rings. The molecule has 6 rings (SSSR count). The fraction of sp³-hybridized carbons (Fsp3) is 0.577. The molecule has 1 aromatic heterocycles. The van der Waals surface area contributed by atoms with E-state index in [-0.39, 0.29) is 0 Å². The highest BCUT2D eigenvalue weighted by Gasteiger charge is 2.46. The molecule has 2 bridgehead atoms. The van der Waals surface area contributed by atoms with Gasteiger partial charge in [-0.15, -0.1) is 0 Å². The Balaban J connectivity index is 1.28. The van der Waals surface area contributed by atoms with Crippen molar-refractivity contribution in [1.29, 1.82) is 0 Å². The lowest BCUT2D eigenvalue weighted by Gasteiger charge is -2.54. The molecule has 0 spiro atoms. The minimum absolute atomic E-state index is 0.321. The average molecular weight is 404 g/mol. The number of hydrogen-bond acceptors (Lipinski definition) is 2. The van der Waals surface area contributed by atoms with E-state index >= 15 is 0 Å². The van der Waals surface area contributed by atoms with Crippen LogP contribution in [0.4, 0.5) is 0 Å². The van der Waals surface area contributed by atoms with Crippen molar-refractivity contribution in [2.75, 3.05) is 19.6 Å². The maximum absolute atomic E-state index is 13.6. The Morgan fingerprint density at radius 2 is 2.03 bits per heavy atom. The molecule has 1 amide bonds.